The molecule has 0 radical (unpaired) electrons. The quantitative estimate of drug-likeness (QED) is 0.939. The Morgan fingerprint density at radius 2 is 2.06 bits per heavy atom. The van der Waals surface area contributed by atoms with Crippen LogP contribution in [0.25, 0.3) is 0 Å². The summed E-state index contributed by atoms with van der Waals surface area (Å²) in [6.45, 7) is 1.93. The highest BCUT2D eigenvalue weighted by Gasteiger charge is 2.14. The second kappa shape index (κ2) is 5.31. The predicted molar refractivity (Wildman–Crippen MR) is 73.1 cm³/mol. The van der Waals surface area contributed by atoms with Crippen LogP contribution >= 0.6 is 23.2 Å². The summed E-state index contributed by atoms with van der Waals surface area (Å²) in [5.41, 5.74) is 2.74. The van der Waals surface area contributed by atoms with Crippen molar-refractivity contribution in [2.24, 2.45) is 7.05 Å². The van der Waals surface area contributed by atoms with Gasteiger partial charge >= 0.3 is 0 Å². The lowest BCUT2D eigenvalue weighted by molar-refractivity contribution is 0.177. The average molecular weight is 285 g/mol. The minimum absolute atomic E-state index is 0.490. The molecule has 0 aliphatic heterocycles. The fourth-order valence-corrected chi connectivity index (χ4v) is 2.16. The molecular formula is C13H14Cl2N2O. The van der Waals surface area contributed by atoms with Crippen molar-refractivity contribution in [3.05, 3.63) is 51.3 Å². The number of halogens is 2. The number of hydrogen-bond acceptors (Lipinski definition) is 2. The number of rotatable bonds is 3. The predicted octanol–water partition coefficient (Wildman–Crippen LogP) is 3.31. The third kappa shape index (κ3) is 2.69. The van der Waals surface area contributed by atoms with Crippen molar-refractivity contribution in [3.63, 3.8) is 0 Å². The van der Waals surface area contributed by atoms with E-state index >= 15 is 0 Å². The molecule has 96 valence electrons. The maximum atomic E-state index is 10.2. The molecule has 1 atom stereocenters. The van der Waals surface area contributed by atoms with Crippen LogP contribution in [0.15, 0.2) is 24.4 Å². The van der Waals surface area contributed by atoms with Crippen LogP contribution < -0.4 is 0 Å². The van der Waals surface area contributed by atoms with Gasteiger partial charge in [0, 0.05) is 24.7 Å². The molecule has 1 N–H and O–H groups in total. The summed E-state index contributed by atoms with van der Waals surface area (Å²) in [5, 5.41) is 15.3. The van der Waals surface area contributed by atoms with E-state index in [1.807, 2.05) is 20.0 Å². The molecule has 0 saturated heterocycles. The van der Waals surface area contributed by atoms with Gasteiger partial charge in [0.05, 0.1) is 22.3 Å². The van der Waals surface area contributed by atoms with E-state index in [-0.39, 0.29) is 0 Å². The second-order valence-corrected chi connectivity index (χ2v) is 5.09. The Kier molecular flexibility index (Phi) is 3.95. The normalized spacial score (nSPS) is 12.7. The van der Waals surface area contributed by atoms with E-state index in [0.29, 0.717) is 16.5 Å². The Balaban J connectivity index is 2.18. The van der Waals surface area contributed by atoms with Crippen molar-refractivity contribution < 1.29 is 5.11 Å². The van der Waals surface area contributed by atoms with Crippen molar-refractivity contribution in [2.75, 3.05) is 0 Å². The molecule has 0 fully saturated rings. The molecule has 0 spiro atoms. The first-order valence-corrected chi connectivity index (χ1v) is 6.35. The van der Waals surface area contributed by atoms with E-state index < -0.39 is 6.10 Å². The van der Waals surface area contributed by atoms with E-state index in [9.17, 15) is 5.11 Å². The van der Waals surface area contributed by atoms with Crippen LogP contribution in [-0.4, -0.2) is 14.9 Å². The molecular weight excluding hydrogens is 271 g/mol. The van der Waals surface area contributed by atoms with Gasteiger partial charge < -0.3 is 5.11 Å². The summed E-state index contributed by atoms with van der Waals surface area (Å²) in [6, 6.07) is 5.38. The highest BCUT2D eigenvalue weighted by molar-refractivity contribution is 6.42. The number of nitrogens with zero attached hydrogens (tertiary/aromatic N) is 2. The van der Waals surface area contributed by atoms with Crippen molar-refractivity contribution in [2.45, 2.75) is 19.4 Å². The molecule has 5 heteroatoms. The fourth-order valence-electron chi connectivity index (χ4n) is 1.84. The Hall–Kier alpha value is -1.03. The van der Waals surface area contributed by atoms with Crippen molar-refractivity contribution >= 4 is 23.2 Å². The number of aryl methyl sites for hydroxylation is 1. The van der Waals surface area contributed by atoms with E-state index in [2.05, 4.69) is 5.10 Å². The van der Waals surface area contributed by atoms with Gasteiger partial charge in [-0.25, -0.2) is 0 Å². The first-order valence-electron chi connectivity index (χ1n) is 5.59. The summed E-state index contributed by atoms with van der Waals surface area (Å²) in [4.78, 5) is 0. The summed E-state index contributed by atoms with van der Waals surface area (Å²) < 4.78 is 1.74. The van der Waals surface area contributed by atoms with Crippen LogP contribution in [0.5, 0.6) is 0 Å². The standard InChI is InChI=1S/C13H14Cl2N2O/c1-8-10(7-16-17(8)2)13(18)6-9-3-4-11(14)12(15)5-9/h3-5,7,13,18H,6H2,1-2H3. The third-order valence-electron chi connectivity index (χ3n) is 3.05. The summed E-state index contributed by atoms with van der Waals surface area (Å²) in [6.07, 6.45) is 1.59. The third-order valence-corrected chi connectivity index (χ3v) is 3.78. The minimum Gasteiger partial charge on any atom is -0.388 e. The lowest BCUT2D eigenvalue weighted by Crippen LogP contribution is -2.03. The van der Waals surface area contributed by atoms with E-state index in [4.69, 9.17) is 23.2 Å². The molecule has 0 aliphatic rings. The smallest absolute Gasteiger partial charge is 0.0863 e. The Morgan fingerprint density at radius 1 is 1.33 bits per heavy atom. The monoisotopic (exact) mass is 284 g/mol. The van der Waals surface area contributed by atoms with Crippen molar-refractivity contribution in [3.8, 4) is 0 Å². The molecule has 1 heterocycles. The first-order chi connectivity index (χ1) is 8.49. The topological polar surface area (TPSA) is 38.1 Å². The lowest BCUT2D eigenvalue weighted by Gasteiger charge is -2.11. The highest BCUT2D eigenvalue weighted by Crippen LogP contribution is 2.26. The Labute approximate surface area is 116 Å². The molecule has 2 aromatic rings. The van der Waals surface area contributed by atoms with Gasteiger partial charge in [-0.05, 0) is 24.6 Å². The number of hydrogen-bond donors (Lipinski definition) is 1. The molecule has 0 bridgehead atoms. The van der Waals surface area contributed by atoms with Crippen LogP contribution in [-0.2, 0) is 13.5 Å². The molecule has 0 amide bonds. The SMILES string of the molecule is Cc1c(C(O)Cc2ccc(Cl)c(Cl)c2)cnn1C. The van der Waals surface area contributed by atoms with Gasteiger partial charge in [0.1, 0.15) is 0 Å². The van der Waals surface area contributed by atoms with Gasteiger partial charge in [-0.15, -0.1) is 0 Å². The number of aromatic nitrogens is 2. The molecule has 1 unspecified atom stereocenters. The van der Waals surface area contributed by atoms with Gasteiger partial charge in [-0.3, -0.25) is 4.68 Å². The molecule has 0 saturated carbocycles. The largest absolute Gasteiger partial charge is 0.388 e. The van der Waals surface area contributed by atoms with Crippen molar-refractivity contribution in [1.29, 1.82) is 0 Å². The molecule has 0 aliphatic carbocycles. The van der Waals surface area contributed by atoms with Gasteiger partial charge in [0.2, 0.25) is 0 Å². The first kappa shape index (κ1) is 13.4. The maximum absolute atomic E-state index is 10.2. The lowest BCUT2D eigenvalue weighted by atomic mass is 10.0. The zero-order valence-electron chi connectivity index (χ0n) is 10.2. The second-order valence-electron chi connectivity index (χ2n) is 4.28. The number of aliphatic hydroxyl groups excluding tert-OH is 1. The van der Waals surface area contributed by atoms with E-state index in [1.54, 1.807) is 23.0 Å². The Bertz CT molecular complexity index is 566. The summed E-state index contributed by atoms with van der Waals surface area (Å²) in [7, 11) is 1.85. The summed E-state index contributed by atoms with van der Waals surface area (Å²) in [5.74, 6) is 0. The molecule has 3 nitrogen and oxygen atoms in total. The minimum atomic E-state index is -0.587. The highest BCUT2D eigenvalue weighted by atomic mass is 35.5. The van der Waals surface area contributed by atoms with Crippen LogP contribution in [0, 0.1) is 6.92 Å². The van der Waals surface area contributed by atoms with Crippen LogP contribution in [0.3, 0.4) is 0 Å². The zero-order chi connectivity index (χ0) is 13.3. The molecule has 1 aromatic carbocycles. The van der Waals surface area contributed by atoms with E-state index in [0.717, 1.165) is 16.8 Å². The van der Waals surface area contributed by atoms with Crippen LogP contribution in [0.1, 0.15) is 22.9 Å². The number of aliphatic hydroxyl groups is 1. The van der Waals surface area contributed by atoms with Gasteiger partial charge in [0.25, 0.3) is 0 Å². The fraction of sp³-hybridized carbons (Fsp3) is 0.308. The van der Waals surface area contributed by atoms with Crippen molar-refractivity contribution in [1.82, 2.24) is 9.78 Å². The number of benzene rings is 1. The average Bonchev–Trinajstić information content (AvgIpc) is 2.65. The zero-order valence-corrected chi connectivity index (χ0v) is 11.7. The van der Waals surface area contributed by atoms with Gasteiger partial charge in [-0.1, -0.05) is 29.3 Å². The molecule has 1 aromatic heterocycles. The summed E-state index contributed by atoms with van der Waals surface area (Å²) >= 11 is 11.8. The molecule has 2 rings (SSSR count). The van der Waals surface area contributed by atoms with Crippen LogP contribution in [0.2, 0.25) is 10.0 Å². The van der Waals surface area contributed by atoms with E-state index in [1.165, 1.54) is 0 Å². The maximum Gasteiger partial charge on any atom is 0.0863 e. The van der Waals surface area contributed by atoms with Gasteiger partial charge in [0.15, 0.2) is 0 Å². The Morgan fingerprint density at radius 3 is 2.61 bits per heavy atom. The molecule has 18 heavy (non-hydrogen) atoms. The van der Waals surface area contributed by atoms with Crippen LogP contribution in [0.4, 0.5) is 0 Å². The van der Waals surface area contributed by atoms with Gasteiger partial charge in [-0.2, -0.15) is 5.10 Å².